The fourth-order valence-corrected chi connectivity index (χ4v) is 3.11. The summed E-state index contributed by atoms with van der Waals surface area (Å²) in [5, 5.41) is 0. The standard InChI is InChI=1S/C17H29N3S/c1-7-14(8-2)20(10-11(3)4)17-15(16(18)21)12(5)9-13(6)19-17/h9,11,14H,7-8,10H2,1-6H3,(H2,18,21). The molecule has 1 aromatic rings. The zero-order valence-electron chi connectivity index (χ0n) is 14.2. The van der Waals surface area contributed by atoms with Gasteiger partial charge in [0.2, 0.25) is 0 Å². The van der Waals surface area contributed by atoms with Gasteiger partial charge in [0.05, 0.1) is 5.56 Å². The zero-order valence-corrected chi connectivity index (χ0v) is 15.0. The van der Waals surface area contributed by atoms with Crippen molar-refractivity contribution < 1.29 is 0 Å². The van der Waals surface area contributed by atoms with E-state index in [1.807, 2.05) is 6.92 Å². The lowest BCUT2D eigenvalue weighted by atomic mass is 10.0. The van der Waals surface area contributed by atoms with Crippen LogP contribution < -0.4 is 10.6 Å². The first kappa shape index (κ1) is 17.9. The molecular weight excluding hydrogens is 278 g/mol. The van der Waals surface area contributed by atoms with Crippen LogP contribution in [0.2, 0.25) is 0 Å². The van der Waals surface area contributed by atoms with Gasteiger partial charge in [-0.3, -0.25) is 0 Å². The zero-order chi connectivity index (χ0) is 16.2. The Labute approximate surface area is 134 Å². The largest absolute Gasteiger partial charge is 0.389 e. The van der Waals surface area contributed by atoms with Crippen molar-refractivity contribution in [1.29, 1.82) is 0 Å². The van der Waals surface area contributed by atoms with Gasteiger partial charge in [0, 0.05) is 18.3 Å². The first-order valence-corrected chi connectivity index (χ1v) is 8.27. The SMILES string of the molecule is CCC(CC)N(CC(C)C)c1nc(C)cc(C)c1C(N)=S. The minimum absolute atomic E-state index is 0.440. The number of hydrogen-bond donors (Lipinski definition) is 1. The molecule has 0 unspecified atom stereocenters. The number of aryl methyl sites for hydroxylation is 2. The van der Waals surface area contributed by atoms with Crippen molar-refractivity contribution in [3.8, 4) is 0 Å². The molecule has 0 aliphatic heterocycles. The Morgan fingerprint density at radius 2 is 1.86 bits per heavy atom. The van der Waals surface area contributed by atoms with E-state index in [4.69, 9.17) is 22.9 Å². The first-order chi connectivity index (χ1) is 9.81. The Morgan fingerprint density at radius 3 is 2.29 bits per heavy atom. The Balaban J connectivity index is 3.44. The van der Waals surface area contributed by atoms with Gasteiger partial charge in [0.15, 0.2) is 0 Å². The molecule has 118 valence electrons. The molecule has 0 fully saturated rings. The molecule has 0 aliphatic carbocycles. The Kier molecular flexibility index (Phi) is 6.59. The van der Waals surface area contributed by atoms with Gasteiger partial charge in [-0.15, -0.1) is 0 Å². The number of rotatable bonds is 7. The molecule has 0 amide bonds. The molecule has 0 atom stereocenters. The predicted octanol–water partition coefficient (Wildman–Crippen LogP) is 3.98. The third kappa shape index (κ3) is 4.40. The van der Waals surface area contributed by atoms with Crippen molar-refractivity contribution in [2.75, 3.05) is 11.4 Å². The summed E-state index contributed by atoms with van der Waals surface area (Å²) in [4.78, 5) is 7.63. The minimum Gasteiger partial charge on any atom is -0.389 e. The van der Waals surface area contributed by atoms with E-state index < -0.39 is 0 Å². The van der Waals surface area contributed by atoms with Gasteiger partial charge in [-0.1, -0.05) is 39.9 Å². The average molecular weight is 308 g/mol. The molecule has 1 heterocycles. The van der Waals surface area contributed by atoms with Crippen molar-refractivity contribution in [2.45, 2.75) is 60.4 Å². The summed E-state index contributed by atoms with van der Waals surface area (Å²) < 4.78 is 0. The van der Waals surface area contributed by atoms with Crippen molar-refractivity contribution in [1.82, 2.24) is 4.98 Å². The lowest BCUT2D eigenvalue weighted by molar-refractivity contribution is 0.503. The third-order valence-corrected chi connectivity index (χ3v) is 3.99. The van der Waals surface area contributed by atoms with Crippen molar-refractivity contribution in [3.05, 3.63) is 22.9 Å². The molecule has 0 aromatic carbocycles. The normalized spacial score (nSPS) is 11.2. The van der Waals surface area contributed by atoms with Crippen molar-refractivity contribution in [3.63, 3.8) is 0 Å². The molecular formula is C17H29N3S. The molecule has 0 aliphatic rings. The molecule has 21 heavy (non-hydrogen) atoms. The van der Waals surface area contributed by atoms with Crippen LogP contribution >= 0.6 is 12.2 Å². The van der Waals surface area contributed by atoms with E-state index in [2.05, 4.69) is 45.6 Å². The van der Waals surface area contributed by atoms with E-state index in [9.17, 15) is 0 Å². The smallest absolute Gasteiger partial charge is 0.139 e. The van der Waals surface area contributed by atoms with E-state index in [0.29, 0.717) is 16.9 Å². The van der Waals surface area contributed by atoms with E-state index in [1.54, 1.807) is 0 Å². The topological polar surface area (TPSA) is 42.2 Å². The van der Waals surface area contributed by atoms with Crippen LogP contribution in [0.25, 0.3) is 0 Å². The highest BCUT2D eigenvalue weighted by Gasteiger charge is 2.23. The van der Waals surface area contributed by atoms with Crippen LogP contribution in [0.3, 0.4) is 0 Å². The van der Waals surface area contributed by atoms with E-state index in [1.165, 1.54) is 0 Å². The number of thiocarbonyl (C=S) groups is 1. The molecule has 0 bridgehead atoms. The lowest BCUT2D eigenvalue weighted by Gasteiger charge is -2.35. The van der Waals surface area contributed by atoms with Crippen LogP contribution in [0.5, 0.6) is 0 Å². The minimum atomic E-state index is 0.440. The summed E-state index contributed by atoms with van der Waals surface area (Å²) >= 11 is 5.28. The van der Waals surface area contributed by atoms with Gasteiger partial charge in [0.25, 0.3) is 0 Å². The van der Waals surface area contributed by atoms with Crippen LogP contribution in [0.4, 0.5) is 5.82 Å². The molecule has 4 heteroatoms. The van der Waals surface area contributed by atoms with Gasteiger partial charge in [-0.2, -0.15) is 0 Å². The fraction of sp³-hybridized carbons (Fsp3) is 0.647. The van der Waals surface area contributed by atoms with Gasteiger partial charge < -0.3 is 10.6 Å². The van der Waals surface area contributed by atoms with Gasteiger partial charge in [-0.05, 0) is 44.2 Å². The fourth-order valence-electron chi connectivity index (χ4n) is 2.86. The summed E-state index contributed by atoms with van der Waals surface area (Å²) in [5.41, 5.74) is 9.05. The van der Waals surface area contributed by atoms with E-state index in [-0.39, 0.29) is 0 Å². The van der Waals surface area contributed by atoms with Crippen LogP contribution in [0.15, 0.2) is 6.07 Å². The Bertz CT molecular complexity index is 493. The number of hydrogen-bond acceptors (Lipinski definition) is 3. The summed E-state index contributed by atoms with van der Waals surface area (Å²) in [5.74, 6) is 1.52. The molecule has 2 N–H and O–H groups in total. The van der Waals surface area contributed by atoms with E-state index in [0.717, 1.165) is 42.0 Å². The number of nitrogens with two attached hydrogens (primary N) is 1. The lowest BCUT2D eigenvalue weighted by Crippen LogP contribution is -2.39. The van der Waals surface area contributed by atoms with Crippen LogP contribution in [-0.4, -0.2) is 22.6 Å². The second-order valence-electron chi connectivity index (χ2n) is 6.16. The molecule has 1 aromatic heterocycles. The highest BCUT2D eigenvalue weighted by molar-refractivity contribution is 7.80. The predicted molar refractivity (Wildman–Crippen MR) is 96.2 cm³/mol. The summed E-state index contributed by atoms with van der Waals surface area (Å²) in [7, 11) is 0. The number of nitrogens with zero attached hydrogens (tertiary/aromatic N) is 2. The van der Waals surface area contributed by atoms with Crippen molar-refractivity contribution in [2.24, 2.45) is 11.7 Å². The van der Waals surface area contributed by atoms with Crippen LogP contribution in [-0.2, 0) is 0 Å². The molecule has 0 saturated heterocycles. The monoisotopic (exact) mass is 307 g/mol. The van der Waals surface area contributed by atoms with Gasteiger partial charge in [-0.25, -0.2) is 4.98 Å². The molecule has 0 spiro atoms. The molecule has 0 radical (unpaired) electrons. The summed E-state index contributed by atoms with van der Waals surface area (Å²) in [6.45, 7) is 14.0. The second-order valence-corrected chi connectivity index (χ2v) is 6.60. The van der Waals surface area contributed by atoms with Crippen LogP contribution in [0.1, 0.15) is 57.4 Å². The third-order valence-electron chi connectivity index (χ3n) is 3.79. The highest BCUT2D eigenvalue weighted by Crippen LogP contribution is 2.27. The van der Waals surface area contributed by atoms with Gasteiger partial charge >= 0.3 is 0 Å². The Hall–Kier alpha value is -1.16. The van der Waals surface area contributed by atoms with E-state index >= 15 is 0 Å². The first-order valence-electron chi connectivity index (χ1n) is 7.86. The maximum absolute atomic E-state index is 5.98. The quantitative estimate of drug-likeness (QED) is 0.774. The van der Waals surface area contributed by atoms with Gasteiger partial charge in [0.1, 0.15) is 10.8 Å². The molecule has 1 rings (SSSR count). The maximum atomic E-state index is 5.98. The number of aromatic nitrogens is 1. The summed E-state index contributed by atoms with van der Waals surface area (Å²) in [6, 6.07) is 2.52. The highest BCUT2D eigenvalue weighted by atomic mass is 32.1. The van der Waals surface area contributed by atoms with Crippen LogP contribution in [0, 0.1) is 19.8 Å². The Morgan fingerprint density at radius 1 is 1.29 bits per heavy atom. The molecule has 3 nitrogen and oxygen atoms in total. The summed E-state index contributed by atoms with van der Waals surface area (Å²) in [6.07, 6.45) is 2.18. The second kappa shape index (κ2) is 7.74. The number of pyridine rings is 1. The van der Waals surface area contributed by atoms with Crippen molar-refractivity contribution >= 4 is 23.0 Å². The maximum Gasteiger partial charge on any atom is 0.139 e. The average Bonchev–Trinajstić information content (AvgIpc) is 2.36. The number of anilines is 1. The molecule has 0 saturated carbocycles.